The molecule has 24 heavy (non-hydrogen) atoms. The predicted molar refractivity (Wildman–Crippen MR) is 87.1 cm³/mol. The van der Waals surface area contributed by atoms with Gasteiger partial charge in [-0.25, -0.2) is 14.0 Å². The Morgan fingerprint density at radius 3 is 2.04 bits per heavy atom. The fourth-order valence-corrected chi connectivity index (χ4v) is 2.00. The SMILES string of the molecule is CC(C)COC(=O)c1ccccc1C(=O)OCc1ccccc1F. The van der Waals surface area contributed by atoms with Crippen LogP contribution in [-0.4, -0.2) is 18.5 Å². The summed E-state index contributed by atoms with van der Waals surface area (Å²) in [7, 11) is 0. The molecule has 0 saturated heterocycles. The van der Waals surface area contributed by atoms with Crippen molar-refractivity contribution in [2.45, 2.75) is 20.5 Å². The standard InChI is InChI=1S/C19H19FO4/c1-13(2)11-23-18(21)15-8-4-5-9-16(15)19(22)24-12-14-7-3-6-10-17(14)20/h3-10,13H,11-12H2,1-2H3. The number of hydrogen-bond acceptors (Lipinski definition) is 4. The van der Waals surface area contributed by atoms with Gasteiger partial charge in [-0.2, -0.15) is 0 Å². The van der Waals surface area contributed by atoms with Crippen molar-refractivity contribution in [1.82, 2.24) is 0 Å². The van der Waals surface area contributed by atoms with Gasteiger partial charge in [-0.15, -0.1) is 0 Å². The molecule has 0 fully saturated rings. The van der Waals surface area contributed by atoms with Crippen molar-refractivity contribution in [1.29, 1.82) is 0 Å². The Morgan fingerprint density at radius 1 is 0.917 bits per heavy atom. The van der Waals surface area contributed by atoms with Crippen molar-refractivity contribution in [3.05, 3.63) is 71.0 Å². The summed E-state index contributed by atoms with van der Waals surface area (Å²) in [6.07, 6.45) is 0. The zero-order valence-corrected chi connectivity index (χ0v) is 13.6. The molecule has 126 valence electrons. The van der Waals surface area contributed by atoms with Crippen LogP contribution in [0.3, 0.4) is 0 Å². The molecular weight excluding hydrogens is 311 g/mol. The van der Waals surface area contributed by atoms with Crippen molar-refractivity contribution in [2.75, 3.05) is 6.61 Å². The van der Waals surface area contributed by atoms with Gasteiger partial charge < -0.3 is 9.47 Å². The van der Waals surface area contributed by atoms with E-state index in [-0.39, 0.29) is 35.8 Å². The van der Waals surface area contributed by atoms with Gasteiger partial charge in [0.05, 0.1) is 17.7 Å². The van der Waals surface area contributed by atoms with Gasteiger partial charge in [0.15, 0.2) is 0 Å². The molecule has 0 heterocycles. The second kappa shape index (κ2) is 8.24. The number of hydrogen-bond donors (Lipinski definition) is 0. The molecule has 2 aromatic carbocycles. The summed E-state index contributed by atoms with van der Waals surface area (Å²) in [6.45, 7) is 3.89. The average molecular weight is 330 g/mol. The van der Waals surface area contributed by atoms with Crippen LogP contribution in [0, 0.1) is 11.7 Å². The number of benzene rings is 2. The highest BCUT2D eigenvalue weighted by atomic mass is 19.1. The minimum Gasteiger partial charge on any atom is -0.462 e. The minimum atomic E-state index is -0.699. The van der Waals surface area contributed by atoms with E-state index in [9.17, 15) is 14.0 Å². The Hall–Kier alpha value is -2.69. The van der Waals surface area contributed by atoms with Gasteiger partial charge in [0.2, 0.25) is 0 Å². The molecule has 0 spiro atoms. The molecule has 0 aliphatic rings. The van der Waals surface area contributed by atoms with Crippen LogP contribution in [-0.2, 0) is 16.1 Å². The van der Waals surface area contributed by atoms with Crippen LogP contribution in [0.15, 0.2) is 48.5 Å². The van der Waals surface area contributed by atoms with Gasteiger partial charge in [-0.05, 0) is 24.1 Å². The highest BCUT2D eigenvalue weighted by Gasteiger charge is 2.19. The first-order chi connectivity index (χ1) is 11.5. The Balaban J connectivity index is 2.09. The molecule has 0 unspecified atom stereocenters. The van der Waals surface area contributed by atoms with E-state index in [4.69, 9.17) is 9.47 Å². The van der Waals surface area contributed by atoms with Crippen molar-refractivity contribution >= 4 is 11.9 Å². The van der Waals surface area contributed by atoms with Crippen LogP contribution in [0.1, 0.15) is 40.1 Å². The second-order valence-corrected chi connectivity index (χ2v) is 5.71. The molecule has 0 N–H and O–H groups in total. The maximum atomic E-state index is 13.6. The van der Waals surface area contributed by atoms with Gasteiger partial charge in [0.1, 0.15) is 12.4 Å². The molecule has 0 aromatic heterocycles. The van der Waals surface area contributed by atoms with Crippen molar-refractivity contribution < 1.29 is 23.5 Å². The lowest BCUT2D eigenvalue weighted by Crippen LogP contribution is -2.16. The molecular formula is C19H19FO4. The van der Waals surface area contributed by atoms with Gasteiger partial charge in [0, 0.05) is 5.56 Å². The van der Waals surface area contributed by atoms with Gasteiger partial charge in [-0.3, -0.25) is 0 Å². The second-order valence-electron chi connectivity index (χ2n) is 5.71. The van der Waals surface area contributed by atoms with Crippen molar-refractivity contribution in [3.63, 3.8) is 0 Å². The van der Waals surface area contributed by atoms with Crippen LogP contribution < -0.4 is 0 Å². The van der Waals surface area contributed by atoms with Crippen molar-refractivity contribution in [2.24, 2.45) is 5.92 Å². The number of halogens is 1. The quantitative estimate of drug-likeness (QED) is 0.751. The van der Waals surface area contributed by atoms with Gasteiger partial charge in [0.25, 0.3) is 0 Å². The Kier molecular flexibility index (Phi) is 6.07. The van der Waals surface area contributed by atoms with E-state index >= 15 is 0 Å². The fourth-order valence-electron chi connectivity index (χ4n) is 2.00. The van der Waals surface area contributed by atoms with E-state index in [2.05, 4.69) is 0 Å². The molecule has 0 saturated carbocycles. The van der Waals surface area contributed by atoms with E-state index in [0.29, 0.717) is 0 Å². The molecule has 2 rings (SSSR count). The molecule has 0 radical (unpaired) electrons. The number of rotatable bonds is 6. The van der Waals surface area contributed by atoms with Crippen LogP contribution >= 0.6 is 0 Å². The molecule has 0 aliphatic carbocycles. The number of carbonyl (C=O) groups excluding carboxylic acids is 2. The first-order valence-electron chi connectivity index (χ1n) is 7.65. The van der Waals surface area contributed by atoms with E-state index in [1.807, 2.05) is 13.8 Å². The summed E-state index contributed by atoms with van der Waals surface area (Å²) in [5, 5.41) is 0. The normalized spacial score (nSPS) is 10.5. The predicted octanol–water partition coefficient (Wildman–Crippen LogP) is 4.00. The number of ether oxygens (including phenoxy) is 2. The highest BCUT2D eigenvalue weighted by molar-refractivity contribution is 6.03. The molecule has 0 atom stereocenters. The van der Waals surface area contributed by atoms with Gasteiger partial charge in [-0.1, -0.05) is 44.2 Å². The van der Waals surface area contributed by atoms with Gasteiger partial charge >= 0.3 is 11.9 Å². The summed E-state index contributed by atoms with van der Waals surface area (Å²) in [5.41, 5.74) is 0.505. The van der Waals surface area contributed by atoms with E-state index in [1.54, 1.807) is 24.3 Å². The zero-order valence-electron chi connectivity index (χ0n) is 13.6. The third kappa shape index (κ3) is 4.65. The zero-order chi connectivity index (χ0) is 17.5. The van der Waals surface area contributed by atoms with Crippen LogP contribution in [0.4, 0.5) is 4.39 Å². The number of esters is 2. The molecule has 0 bridgehead atoms. The minimum absolute atomic E-state index is 0.0996. The molecule has 2 aromatic rings. The maximum absolute atomic E-state index is 13.6. The van der Waals surface area contributed by atoms with Crippen LogP contribution in [0.25, 0.3) is 0 Å². The summed E-state index contributed by atoms with van der Waals surface area (Å²) >= 11 is 0. The van der Waals surface area contributed by atoms with E-state index in [0.717, 1.165) is 0 Å². The molecule has 0 aliphatic heterocycles. The molecule has 5 heteroatoms. The van der Waals surface area contributed by atoms with E-state index < -0.39 is 17.8 Å². The third-order valence-corrected chi connectivity index (χ3v) is 3.23. The van der Waals surface area contributed by atoms with Crippen molar-refractivity contribution in [3.8, 4) is 0 Å². The summed E-state index contributed by atoms with van der Waals surface area (Å²) in [4.78, 5) is 24.4. The summed E-state index contributed by atoms with van der Waals surface area (Å²) in [6, 6.07) is 12.3. The Morgan fingerprint density at radius 2 is 1.46 bits per heavy atom. The smallest absolute Gasteiger partial charge is 0.339 e. The Bertz CT molecular complexity index is 725. The first kappa shape index (κ1) is 17.7. The topological polar surface area (TPSA) is 52.6 Å². The fraction of sp³-hybridized carbons (Fsp3) is 0.263. The molecule has 4 nitrogen and oxygen atoms in total. The summed E-state index contributed by atoms with van der Waals surface area (Å²) < 4.78 is 23.8. The average Bonchev–Trinajstić information content (AvgIpc) is 2.58. The lowest BCUT2D eigenvalue weighted by atomic mass is 10.1. The van der Waals surface area contributed by atoms with E-state index in [1.165, 1.54) is 24.3 Å². The maximum Gasteiger partial charge on any atom is 0.339 e. The monoisotopic (exact) mass is 330 g/mol. The lowest BCUT2D eigenvalue weighted by Gasteiger charge is -2.11. The highest BCUT2D eigenvalue weighted by Crippen LogP contribution is 2.15. The largest absolute Gasteiger partial charge is 0.462 e. The van der Waals surface area contributed by atoms with Crippen LogP contribution in [0.5, 0.6) is 0 Å². The first-order valence-corrected chi connectivity index (χ1v) is 7.65. The van der Waals surface area contributed by atoms with Crippen LogP contribution in [0.2, 0.25) is 0 Å². The third-order valence-electron chi connectivity index (χ3n) is 3.23. The lowest BCUT2D eigenvalue weighted by molar-refractivity contribution is 0.0416. The molecule has 0 amide bonds. The Labute approximate surface area is 140 Å². The number of carbonyl (C=O) groups is 2. The summed E-state index contributed by atoms with van der Waals surface area (Å²) in [5.74, 6) is -1.54.